The highest BCUT2D eigenvalue weighted by Crippen LogP contribution is 2.62. The maximum atomic E-state index is 15.2. The van der Waals surface area contributed by atoms with Crippen molar-refractivity contribution in [2.24, 2.45) is 22.9 Å². The summed E-state index contributed by atoms with van der Waals surface area (Å²) < 4.78 is 45.8. The zero-order chi connectivity index (χ0) is 36.9. The molecular weight excluding hydrogens is 683 g/mol. The van der Waals surface area contributed by atoms with Gasteiger partial charge in [0.05, 0.1) is 29.8 Å². The molecule has 52 heavy (non-hydrogen) atoms. The van der Waals surface area contributed by atoms with Gasteiger partial charge in [-0.1, -0.05) is 55.3 Å². The first kappa shape index (κ1) is 37.9. The van der Waals surface area contributed by atoms with Crippen LogP contribution in [0, 0.1) is 17.8 Å². The molecule has 1 saturated carbocycles. The predicted molar refractivity (Wildman–Crippen MR) is 200 cm³/mol. The maximum Gasteiger partial charge on any atom is 0.245 e. The first-order valence-electron chi connectivity index (χ1n) is 18.4. The normalized spacial score (nSPS) is 26.1. The molecule has 1 aliphatic heterocycles. The van der Waals surface area contributed by atoms with E-state index in [-0.39, 0.29) is 61.2 Å². The molecule has 0 amide bonds. The number of allylic oxidation sites excluding steroid dienone is 1. The second kappa shape index (κ2) is 16.5. The van der Waals surface area contributed by atoms with Gasteiger partial charge in [-0.3, -0.25) is 4.98 Å². The summed E-state index contributed by atoms with van der Waals surface area (Å²) in [4.78, 5) is 10.1. The molecule has 1 aromatic heterocycles. The van der Waals surface area contributed by atoms with Gasteiger partial charge in [-0.15, -0.1) is 6.58 Å². The summed E-state index contributed by atoms with van der Waals surface area (Å²) in [5, 5.41) is 35.6. The number of fused-ring (bicyclic) bond motifs is 3. The highest BCUT2D eigenvalue weighted by molar-refractivity contribution is 7.89. The molecule has 3 aliphatic rings. The van der Waals surface area contributed by atoms with Gasteiger partial charge in [-0.05, 0) is 79.8 Å². The van der Waals surface area contributed by atoms with E-state index in [1.807, 2.05) is 19.1 Å². The number of hydrogen-bond acceptors (Lipinski definition) is 10. The molecule has 2 aliphatic carbocycles. The Morgan fingerprint density at radius 2 is 1.87 bits per heavy atom. The van der Waals surface area contributed by atoms with Crippen LogP contribution < -0.4 is 4.74 Å². The molecule has 6 rings (SSSR count). The Morgan fingerprint density at radius 1 is 1.10 bits per heavy atom. The van der Waals surface area contributed by atoms with Crippen molar-refractivity contribution in [2.75, 3.05) is 33.5 Å². The van der Waals surface area contributed by atoms with Crippen LogP contribution in [0.3, 0.4) is 0 Å². The van der Waals surface area contributed by atoms with Crippen LogP contribution in [0.1, 0.15) is 69.8 Å². The zero-order valence-corrected chi connectivity index (χ0v) is 30.9. The van der Waals surface area contributed by atoms with Crippen molar-refractivity contribution in [3.8, 4) is 11.5 Å². The van der Waals surface area contributed by atoms with Crippen LogP contribution in [0.5, 0.6) is 11.5 Å². The number of aromatic nitrogens is 1. The molecular formula is C40H51N3O8S. The monoisotopic (exact) mass is 733 g/mol. The number of aliphatic hydroxyl groups is 2. The van der Waals surface area contributed by atoms with Crippen LogP contribution in [0.15, 0.2) is 89.1 Å². The van der Waals surface area contributed by atoms with Gasteiger partial charge in [0.2, 0.25) is 15.8 Å². The minimum Gasteiger partial charge on any atom is -0.508 e. The third-order valence-electron chi connectivity index (χ3n) is 10.8. The fourth-order valence-corrected chi connectivity index (χ4v) is 10.7. The van der Waals surface area contributed by atoms with Crippen LogP contribution in [-0.2, 0) is 19.6 Å². The molecule has 2 aromatic carbocycles. The third-order valence-corrected chi connectivity index (χ3v) is 12.8. The van der Waals surface area contributed by atoms with Crippen LogP contribution in [0.25, 0.3) is 10.9 Å². The number of aliphatic hydroxyl groups excluding tert-OH is 2. The Balaban J connectivity index is 1.62. The minimum absolute atomic E-state index is 0.0104. The van der Waals surface area contributed by atoms with E-state index in [1.54, 1.807) is 48.7 Å². The second-order valence-corrected chi connectivity index (χ2v) is 15.8. The van der Waals surface area contributed by atoms with Crippen molar-refractivity contribution in [1.29, 1.82) is 0 Å². The molecule has 2 heterocycles. The number of aromatic hydroxyl groups is 1. The lowest BCUT2D eigenvalue weighted by molar-refractivity contribution is -0.251. The van der Waals surface area contributed by atoms with Crippen molar-refractivity contribution in [1.82, 2.24) is 9.29 Å². The zero-order valence-electron chi connectivity index (χ0n) is 30.1. The lowest BCUT2D eigenvalue weighted by Crippen LogP contribution is -2.70. The second-order valence-electron chi connectivity index (χ2n) is 13.9. The number of hydrogen-bond donors (Lipinski definition) is 3. The van der Waals surface area contributed by atoms with Crippen molar-refractivity contribution in [3.05, 3.63) is 84.6 Å². The van der Waals surface area contributed by atoms with E-state index in [0.717, 1.165) is 36.8 Å². The number of ether oxygens (including phenoxy) is 2. The van der Waals surface area contributed by atoms with Gasteiger partial charge < -0.3 is 29.6 Å². The Morgan fingerprint density at radius 3 is 2.60 bits per heavy atom. The fraction of sp³-hybridized carbons (Fsp3) is 0.500. The molecule has 6 atom stereocenters. The van der Waals surface area contributed by atoms with Crippen molar-refractivity contribution in [2.45, 2.75) is 80.9 Å². The lowest BCUT2D eigenvalue weighted by Gasteiger charge is -2.59. The van der Waals surface area contributed by atoms with Gasteiger partial charge in [-0.25, -0.2) is 8.42 Å². The first-order valence-corrected chi connectivity index (χ1v) is 19.9. The number of para-hydroxylation sites is 1. The topological polar surface area (TPSA) is 151 Å². The van der Waals surface area contributed by atoms with E-state index in [9.17, 15) is 15.3 Å². The fourth-order valence-electron chi connectivity index (χ4n) is 8.82. The maximum absolute atomic E-state index is 15.2. The van der Waals surface area contributed by atoms with Crippen LogP contribution in [0.4, 0.5) is 0 Å². The molecule has 6 unspecified atom stereocenters. The summed E-state index contributed by atoms with van der Waals surface area (Å²) in [5.41, 5.74) is 2.68. The largest absolute Gasteiger partial charge is 0.508 e. The van der Waals surface area contributed by atoms with E-state index in [4.69, 9.17) is 14.3 Å². The number of phenols is 1. The van der Waals surface area contributed by atoms with Gasteiger partial charge in [0, 0.05) is 49.2 Å². The van der Waals surface area contributed by atoms with E-state index in [1.165, 1.54) is 11.4 Å². The standard InChI is InChI=1S/C40H51N3O8S/c1-4-20-43(52(47,48)35-16-10-13-27-14-11-19-41-39(27)35)36-26-33(42-49-3)31-24-28(12-6-8-21-44)30(15-7-9-22-45)37-32-25-29(46)17-18-34(32)51-40(36,38(31)37)50-23-5-2/h5,10-11,13-14,16-19,24-25,28,30,36-38,44-46H,2,4,6-9,12,15,20-23,26H2,1,3H3. The highest BCUT2D eigenvalue weighted by atomic mass is 32.2. The average Bonchev–Trinajstić information content (AvgIpc) is 3.15. The van der Waals surface area contributed by atoms with E-state index < -0.39 is 27.8 Å². The van der Waals surface area contributed by atoms with E-state index >= 15 is 8.42 Å². The smallest absolute Gasteiger partial charge is 0.245 e. The van der Waals surface area contributed by atoms with Gasteiger partial charge in [0.15, 0.2) is 0 Å². The Hall–Kier alpha value is -3.81. The summed E-state index contributed by atoms with van der Waals surface area (Å²) in [5.74, 6) is -1.69. The number of benzene rings is 2. The average molecular weight is 734 g/mol. The van der Waals surface area contributed by atoms with Crippen molar-refractivity contribution < 1.29 is 38.0 Å². The van der Waals surface area contributed by atoms with Gasteiger partial charge in [-0.2, -0.15) is 4.31 Å². The minimum atomic E-state index is -4.23. The summed E-state index contributed by atoms with van der Waals surface area (Å²) in [6.07, 6.45) is 10.6. The molecule has 0 bridgehead atoms. The molecule has 0 saturated heterocycles. The number of pyridine rings is 1. The van der Waals surface area contributed by atoms with Gasteiger partial charge in [0.25, 0.3) is 0 Å². The Labute approximate surface area is 306 Å². The number of nitrogens with zero attached hydrogens (tertiary/aromatic N) is 3. The summed E-state index contributed by atoms with van der Waals surface area (Å²) in [6.45, 7) is 6.32. The molecule has 1 fully saturated rings. The van der Waals surface area contributed by atoms with Crippen molar-refractivity contribution in [3.63, 3.8) is 0 Å². The Bertz CT molecular complexity index is 1890. The molecule has 3 aromatic rings. The summed E-state index contributed by atoms with van der Waals surface area (Å²) in [6, 6.07) is 13.0. The molecule has 0 radical (unpaired) electrons. The molecule has 12 heteroatoms. The summed E-state index contributed by atoms with van der Waals surface area (Å²) >= 11 is 0. The van der Waals surface area contributed by atoms with Crippen LogP contribution in [0.2, 0.25) is 0 Å². The molecule has 3 N–H and O–H groups in total. The quantitative estimate of drug-likeness (QED) is 0.0825. The Kier molecular flexibility index (Phi) is 12.0. The number of rotatable bonds is 17. The van der Waals surface area contributed by atoms with Crippen LogP contribution in [-0.4, -0.2) is 84.0 Å². The van der Waals surface area contributed by atoms with Gasteiger partial charge >= 0.3 is 0 Å². The SMILES string of the molecule is C=CCOC12Oc3ccc(O)cc3C3C(CCCCO)C(CCCCO)C=C(C(=NOC)CC1N(CCC)S(=O)(=O)c1cccc4cccnc14)C32. The predicted octanol–water partition coefficient (Wildman–Crippen LogP) is 6.30. The molecule has 0 spiro atoms. The number of unbranched alkanes of at least 4 members (excludes halogenated alkanes) is 2. The molecule has 280 valence electrons. The highest BCUT2D eigenvalue weighted by Gasteiger charge is 2.66. The summed E-state index contributed by atoms with van der Waals surface area (Å²) in [7, 11) is -2.74. The number of sulfonamides is 1. The van der Waals surface area contributed by atoms with Crippen molar-refractivity contribution >= 4 is 26.6 Å². The van der Waals surface area contributed by atoms with Crippen LogP contribution >= 0.6 is 0 Å². The van der Waals surface area contributed by atoms with E-state index in [2.05, 4.69) is 22.8 Å². The van der Waals surface area contributed by atoms with E-state index in [0.29, 0.717) is 41.6 Å². The number of phenolic OH excluding ortho intramolecular Hbond substituents is 1. The lowest BCUT2D eigenvalue weighted by atomic mass is 9.55. The molecule has 11 nitrogen and oxygen atoms in total. The first-order chi connectivity index (χ1) is 25.2. The van der Waals surface area contributed by atoms with Gasteiger partial charge in [0.1, 0.15) is 23.5 Å². The number of oxime groups is 1. The third kappa shape index (κ3) is 6.99.